The molecule has 0 heterocycles. The molecule has 54 heavy (non-hydrogen) atoms. The van der Waals surface area contributed by atoms with Gasteiger partial charge in [0.2, 0.25) is 0 Å². The van der Waals surface area contributed by atoms with E-state index in [0.717, 1.165) is 9.52 Å². The Balaban J connectivity index is 0.000000213. The van der Waals surface area contributed by atoms with E-state index in [4.69, 9.17) is 17.0 Å². The molecule has 7 rings (SSSR count). The van der Waals surface area contributed by atoms with Crippen LogP contribution in [0.25, 0.3) is 54.9 Å². The third-order valence-corrected chi connectivity index (χ3v) is 9.68. The Morgan fingerprint density at radius 3 is 1.50 bits per heavy atom. The average Bonchev–Trinajstić information content (AvgIpc) is 3.76. The van der Waals surface area contributed by atoms with Gasteiger partial charge >= 0.3 is 37.9 Å². The molecule has 0 fully saturated rings. The maximum atomic E-state index is 4.93. The summed E-state index contributed by atoms with van der Waals surface area (Å²) in [5.41, 5.74) is 13.7. The van der Waals surface area contributed by atoms with Gasteiger partial charge in [-0.15, -0.1) is 56.9 Å². The van der Waals surface area contributed by atoms with Crippen LogP contribution < -0.4 is 0 Å². The Morgan fingerprint density at radius 2 is 1.02 bits per heavy atom. The SMILES string of the molecule is CC(C)c1cc2c(-c3ccc(C(C)(C)C)cc3)cccc2[cH-]1.C[Si]C.Cc1cc2c(-c3ccc(C(C)(C)C)cc3)ccc(-c3ccccc3)c2[cH-]1.[Cl][Zr+2][Cl]. The Bertz CT molecular complexity index is 2190. The molecule has 278 valence electrons. The quantitative estimate of drug-likeness (QED) is 0.122. The van der Waals surface area contributed by atoms with E-state index in [9.17, 15) is 0 Å². The van der Waals surface area contributed by atoms with Crippen LogP contribution in [-0.2, 0) is 31.7 Å². The summed E-state index contributed by atoms with van der Waals surface area (Å²) < 4.78 is 0. The van der Waals surface area contributed by atoms with E-state index in [1.807, 2.05) is 0 Å². The third-order valence-electron chi connectivity index (χ3n) is 9.68. The first-order valence-electron chi connectivity index (χ1n) is 18.8. The van der Waals surface area contributed by atoms with Crippen molar-refractivity contribution in [1.29, 1.82) is 0 Å². The second-order valence-electron chi connectivity index (χ2n) is 16.4. The number of benzene rings is 5. The number of fused-ring (bicyclic) bond motifs is 2. The van der Waals surface area contributed by atoms with Gasteiger partial charge < -0.3 is 0 Å². The fourth-order valence-electron chi connectivity index (χ4n) is 6.71. The first-order valence-corrected chi connectivity index (χ1v) is 27.2. The molecule has 0 bridgehead atoms. The van der Waals surface area contributed by atoms with Crippen LogP contribution >= 0.6 is 17.0 Å². The van der Waals surface area contributed by atoms with Gasteiger partial charge in [-0.25, -0.2) is 0 Å². The summed E-state index contributed by atoms with van der Waals surface area (Å²) in [5, 5.41) is 5.40. The normalized spacial score (nSPS) is 11.2. The van der Waals surface area contributed by atoms with Crippen LogP contribution in [0.15, 0.2) is 133 Å². The predicted molar refractivity (Wildman–Crippen MR) is 241 cm³/mol. The fourth-order valence-corrected chi connectivity index (χ4v) is 6.71. The first kappa shape index (κ1) is 43.7. The monoisotopic (exact) mass is 844 g/mol. The average molecular weight is 847 g/mol. The summed E-state index contributed by atoms with van der Waals surface area (Å²) in [6, 6.07) is 49.2. The molecule has 2 radical (unpaired) electrons. The van der Waals surface area contributed by atoms with Gasteiger partial charge in [-0.1, -0.05) is 195 Å². The molecular formula is C50H56Cl2SiZr. The molecule has 0 atom stereocenters. The molecule has 0 aliphatic rings. The van der Waals surface area contributed by atoms with Gasteiger partial charge in [-0.3, -0.25) is 0 Å². The van der Waals surface area contributed by atoms with Crippen LogP contribution in [0.3, 0.4) is 0 Å². The van der Waals surface area contributed by atoms with Crippen LogP contribution in [0.5, 0.6) is 0 Å². The summed E-state index contributed by atoms with van der Waals surface area (Å²) in [5.74, 6) is 0.573. The van der Waals surface area contributed by atoms with E-state index in [2.05, 4.69) is 209 Å². The van der Waals surface area contributed by atoms with Crippen LogP contribution in [0.2, 0.25) is 13.1 Å². The van der Waals surface area contributed by atoms with E-state index in [1.54, 1.807) is 0 Å². The third kappa shape index (κ3) is 11.3. The van der Waals surface area contributed by atoms with Crippen molar-refractivity contribution in [2.75, 3.05) is 0 Å². The molecule has 7 aromatic carbocycles. The van der Waals surface area contributed by atoms with Crippen LogP contribution in [-0.4, -0.2) is 9.52 Å². The first-order chi connectivity index (χ1) is 25.6. The number of aryl methyl sites for hydroxylation is 1. The minimum atomic E-state index is -0.826. The fraction of sp³-hybridized carbons (Fsp3) is 0.280. The molecule has 0 unspecified atom stereocenters. The molecular weight excluding hydrogens is 791 g/mol. The molecule has 0 nitrogen and oxygen atoms in total. The Labute approximate surface area is 347 Å². The summed E-state index contributed by atoms with van der Waals surface area (Å²) in [4.78, 5) is 0. The van der Waals surface area contributed by atoms with Crippen LogP contribution in [0.1, 0.15) is 83.6 Å². The van der Waals surface area contributed by atoms with Gasteiger partial charge in [0, 0.05) is 9.52 Å². The zero-order chi connectivity index (χ0) is 39.6. The molecule has 0 spiro atoms. The van der Waals surface area contributed by atoms with E-state index in [-0.39, 0.29) is 10.8 Å². The van der Waals surface area contributed by atoms with E-state index in [0.29, 0.717) is 5.92 Å². The molecule has 0 saturated carbocycles. The second kappa shape index (κ2) is 19.7. The Kier molecular flexibility index (Phi) is 16.0. The van der Waals surface area contributed by atoms with Crippen molar-refractivity contribution >= 4 is 48.1 Å². The van der Waals surface area contributed by atoms with Gasteiger partial charge in [0.15, 0.2) is 0 Å². The van der Waals surface area contributed by atoms with Crippen molar-refractivity contribution in [2.45, 2.75) is 92.2 Å². The van der Waals surface area contributed by atoms with E-state index < -0.39 is 20.8 Å². The van der Waals surface area contributed by atoms with E-state index >= 15 is 0 Å². The summed E-state index contributed by atoms with van der Waals surface area (Å²) in [6.45, 7) is 24.6. The Hall–Kier alpha value is -3.00. The van der Waals surface area contributed by atoms with Gasteiger partial charge in [-0.2, -0.15) is 12.1 Å². The van der Waals surface area contributed by atoms with Crippen molar-refractivity contribution in [3.8, 4) is 33.4 Å². The molecule has 0 N–H and O–H groups in total. The minimum absolute atomic E-state index is 0.182. The van der Waals surface area contributed by atoms with Crippen molar-refractivity contribution in [2.24, 2.45) is 0 Å². The Morgan fingerprint density at radius 1 is 0.556 bits per heavy atom. The zero-order valence-electron chi connectivity index (χ0n) is 34.0. The van der Waals surface area contributed by atoms with Crippen molar-refractivity contribution in [3.05, 3.63) is 156 Å². The second-order valence-corrected chi connectivity index (χ2v) is 21.1. The van der Waals surface area contributed by atoms with Crippen LogP contribution in [0.4, 0.5) is 0 Å². The van der Waals surface area contributed by atoms with Crippen molar-refractivity contribution in [3.63, 3.8) is 0 Å². The van der Waals surface area contributed by atoms with E-state index in [1.165, 1.54) is 77.2 Å². The number of hydrogen-bond acceptors (Lipinski definition) is 0. The molecule has 7 aromatic rings. The van der Waals surface area contributed by atoms with Crippen molar-refractivity contribution in [1.82, 2.24) is 0 Å². The van der Waals surface area contributed by atoms with Gasteiger partial charge in [0.1, 0.15) is 0 Å². The molecule has 0 amide bonds. The topological polar surface area (TPSA) is 0 Å². The molecule has 0 saturated heterocycles. The summed E-state index contributed by atoms with van der Waals surface area (Å²) in [6.07, 6.45) is 0. The predicted octanol–water partition coefficient (Wildman–Crippen LogP) is 16.3. The molecule has 4 heteroatoms. The van der Waals surface area contributed by atoms with Gasteiger partial charge in [-0.05, 0) is 39.0 Å². The maximum absolute atomic E-state index is 4.93. The molecule has 0 aromatic heterocycles. The zero-order valence-corrected chi connectivity index (χ0v) is 39.0. The van der Waals surface area contributed by atoms with Gasteiger partial charge in [0.25, 0.3) is 0 Å². The number of rotatable bonds is 4. The standard InChI is InChI=1S/C26H25.C22H25.C2H6Si.2ClH.Zr/c1-18-16-24-22(19-8-6-5-7-9-19)14-15-23(25(24)17-18)20-10-12-21(13-11-20)26(2,3)4;1-15(2)18-13-17-7-6-8-20(21(17)14-18)16-9-11-19(12-10-16)22(3,4)5;1-3-2;;;/h5-17H,1-4H3;6-15H,1-5H3;1-2H3;2*1H;/q2*-1;;;;+4/p-2. The number of hydrogen-bond donors (Lipinski definition) is 0. The molecule has 0 aliphatic heterocycles. The number of halogens is 2. The summed E-state index contributed by atoms with van der Waals surface area (Å²) in [7, 11) is 11.0. The molecule has 0 aliphatic carbocycles. The van der Waals surface area contributed by atoms with Crippen LogP contribution in [0, 0.1) is 6.92 Å². The van der Waals surface area contributed by atoms with Crippen molar-refractivity contribution < 1.29 is 20.8 Å². The van der Waals surface area contributed by atoms with Gasteiger partial charge in [0.05, 0.1) is 0 Å². The summed E-state index contributed by atoms with van der Waals surface area (Å²) >= 11 is -0.826.